The van der Waals surface area contributed by atoms with Crippen molar-refractivity contribution in [1.82, 2.24) is 15.5 Å². The van der Waals surface area contributed by atoms with Gasteiger partial charge in [-0.25, -0.2) is 0 Å². The van der Waals surface area contributed by atoms with Gasteiger partial charge in [-0.05, 0) is 56.3 Å². The van der Waals surface area contributed by atoms with Gasteiger partial charge in [0.15, 0.2) is 0 Å². The van der Waals surface area contributed by atoms with Gasteiger partial charge in [-0.3, -0.25) is 9.59 Å². The van der Waals surface area contributed by atoms with E-state index in [2.05, 4.69) is 16.7 Å². The largest absolute Gasteiger partial charge is 0.359 e. The summed E-state index contributed by atoms with van der Waals surface area (Å²) in [5.74, 6) is 0.800. The molecule has 6 nitrogen and oxygen atoms in total. The van der Waals surface area contributed by atoms with E-state index >= 15 is 0 Å². The van der Waals surface area contributed by atoms with Gasteiger partial charge in [-0.1, -0.05) is 25.3 Å². The van der Waals surface area contributed by atoms with Crippen molar-refractivity contribution in [1.29, 1.82) is 0 Å². The molecular formula is C22H33N3O3S. The first-order valence-electron chi connectivity index (χ1n) is 10.5. The first kappa shape index (κ1) is 23.4. The van der Waals surface area contributed by atoms with Gasteiger partial charge in [0.25, 0.3) is 5.91 Å². The molecule has 2 N–H and O–H groups in total. The molecule has 0 bridgehead atoms. The molecule has 2 rings (SSSR count). The maximum atomic E-state index is 12.8. The Balaban J connectivity index is 1.88. The molecule has 0 spiro atoms. The van der Waals surface area contributed by atoms with Crippen LogP contribution in [0.3, 0.4) is 0 Å². The highest BCUT2D eigenvalue weighted by molar-refractivity contribution is 7.99. The predicted molar refractivity (Wildman–Crippen MR) is 117 cm³/mol. The van der Waals surface area contributed by atoms with Crippen molar-refractivity contribution in [3.8, 4) is 0 Å². The molecule has 1 aromatic rings. The maximum absolute atomic E-state index is 12.8. The summed E-state index contributed by atoms with van der Waals surface area (Å²) in [6.07, 6.45) is 7.50. The fourth-order valence-electron chi connectivity index (χ4n) is 3.55. The van der Waals surface area contributed by atoms with Crippen LogP contribution in [0.4, 0.5) is 0 Å². The molecule has 0 fully saturated rings. The molecule has 0 saturated carbocycles. The molecule has 1 unspecified atom stereocenters. The monoisotopic (exact) mass is 419 g/mol. The summed E-state index contributed by atoms with van der Waals surface area (Å²) in [5, 5.41) is 5.73. The van der Waals surface area contributed by atoms with E-state index in [4.69, 9.17) is 0 Å². The standard InChI is InChI=1S/C22H33N3O3S/c1-23-13-6-4-3-5-7-14-29-20-10-8-9-18-19(20)15-25(22(18)28)17(16-26)11-12-21(27)24-2/h8-10,16-17,23H,3-7,11-15H2,1-2H3,(H,24,27). The molecule has 29 heavy (non-hydrogen) atoms. The number of hydrogen-bond donors (Lipinski definition) is 2. The average Bonchev–Trinajstić information content (AvgIpc) is 3.07. The predicted octanol–water partition coefficient (Wildman–Crippen LogP) is 3.00. The summed E-state index contributed by atoms with van der Waals surface area (Å²) in [5.41, 5.74) is 1.71. The normalized spacial score (nSPS) is 14.0. The number of unbranched alkanes of at least 4 members (excludes halogenated alkanes) is 4. The number of carbonyl (C=O) groups is 3. The van der Waals surface area contributed by atoms with Crippen LogP contribution in [0.2, 0.25) is 0 Å². The molecule has 160 valence electrons. The Labute approximate surface area is 178 Å². The lowest BCUT2D eigenvalue weighted by Gasteiger charge is -2.22. The molecule has 0 saturated heterocycles. The molecule has 1 atom stereocenters. The lowest BCUT2D eigenvalue weighted by atomic mass is 10.1. The van der Waals surface area contributed by atoms with Gasteiger partial charge in [0.2, 0.25) is 5.91 Å². The smallest absolute Gasteiger partial charge is 0.255 e. The van der Waals surface area contributed by atoms with Crippen LogP contribution < -0.4 is 10.6 Å². The number of rotatable bonds is 14. The second-order valence-electron chi connectivity index (χ2n) is 7.35. The molecule has 0 aromatic heterocycles. The summed E-state index contributed by atoms with van der Waals surface area (Å²) in [7, 11) is 3.56. The lowest BCUT2D eigenvalue weighted by molar-refractivity contribution is -0.121. The third-order valence-electron chi connectivity index (χ3n) is 5.28. The van der Waals surface area contributed by atoms with Gasteiger partial charge in [0.05, 0.1) is 6.04 Å². The van der Waals surface area contributed by atoms with Crippen LogP contribution in [0, 0.1) is 0 Å². The summed E-state index contributed by atoms with van der Waals surface area (Å²) in [6.45, 7) is 1.53. The van der Waals surface area contributed by atoms with Crippen molar-refractivity contribution in [2.45, 2.75) is 62.4 Å². The van der Waals surface area contributed by atoms with Gasteiger partial charge in [0, 0.05) is 30.5 Å². The van der Waals surface area contributed by atoms with Crippen LogP contribution in [0.15, 0.2) is 23.1 Å². The Morgan fingerprint density at radius 3 is 2.69 bits per heavy atom. The van der Waals surface area contributed by atoms with Crippen LogP contribution in [-0.4, -0.2) is 55.4 Å². The molecule has 2 amide bonds. The molecular weight excluding hydrogens is 386 g/mol. The van der Waals surface area contributed by atoms with Crippen molar-refractivity contribution in [3.05, 3.63) is 29.3 Å². The molecule has 1 heterocycles. The Kier molecular flexibility index (Phi) is 10.2. The van der Waals surface area contributed by atoms with Crippen LogP contribution in [0.1, 0.15) is 60.9 Å². The van der Waals surface area contributed by atoms with E-state index in [1.807, 2.05) is 19.2 Å². The quantitative estimate of drug-likeness (QED) is 0.275. The van der Waals surface area contributed by atoms with E-state index in [1.54, 1.807) is 23.7 Å². The van der Waals surface area contributed by atoms with Crippen molar-refractivity contribution >= 4 is 29.9 Å². The number of amides is 2. The Morgan fingerprint density at radius 1 is 1.21 bits per heavy atom. The topological polar surface area (TPSA) is 78.5 Å². The molecule has 0 radical (unpaired) electrons. The number of nitrogens with one attached hydrogen (secondary N) is 2. The second kappa shape index (κ2) is 12.6. The first-order chi connectivity index (χ1) is 14.1. The minimum absolute atomic E-state index is 0.110. The highest BCUT2D eigenvalue weighted by Crippen LogP contribution is 2.34. The van der Waals surface area contributed by atoms with E-state index in [1.165, 1.54) is 25.7 Å². The van der Waals surface area contributed by atoms with E-state index in [0.717, 1.165) is 35.5 Å². The van der Waals surface area contributed by atoms with Crippen LogP contribution in [0.25, 0.3) is 0 Å². The van der Waals surface area contributed by atoms with E-state index in [9.17, 15) is 14.4 Å². The fourth-order valence-corrected chi connectivity index (χ4v) is 4.64. The molecule has 1 aliphatic rings. The number of hydrogen-bond acceptors (Lipinski definition) is 5. The van der Waals surface area contributed by atoms with Gasteiger partial charge >= 0.3 is 0 Å². The Hall–Kier alpha value is -1.86. The number of carbonyl (C=O) groups excluding carboxylic acids is 3. The highest BCUT2D eigenvalue weighted by Gasteiger charge is 2.34. The highest BCUT2D eigenvalue weighted by atomic mass is 32.2. The van der Waals surface area contributed by atoms with Gasteiger partial charge in [-0.15, -0.1) is 11.8 Å². The molecule has 0 aliphatic carbocycles. The Bertz CT molecular complexity index is 696. The zero-order chi connectivity index (χ0) is 21.1. The summed E-state index contributed by atoms with van der Waals surface area (Å²) in [6, 6.07) is 5.25. The van der Waals surface area contributed by atoms with Crippen LogP contribution in [-0.2, 0) is 16.1 Å². The van der Waals surface area contributed by atoms with E-state index < -0.39 is 6.04 Å². The average molecular weight is 420 g/mol. The second-order valence-corrected chi connectivity index (χ2v) is 8.49. The molecule has 1 aliphatic heterocycles. The number of thioether (sulfide) groups is 1. The fraction of sp³-hybridized carbons (Fsp3) is 0.591. The van der Waals surface area contributed by atoms with Crippen LogP contribution >= 0.6 is 11.8 Å². The minimum atomic E-state index is -0.567. The third kappa shape index (κ3) is 6.85. The maximum Gasteiger partial charge on any atom is 0.255 e. The molecule has 1 aromatic carbocycles. The SMILES string of the molecule is CNCCCCCCCSc1cccc2c1CN(C(C=O)CCC(=O)NC)C2=O. The van der Waals surface area contributed by atoms with Gasteiger partial charge in [-0.2, -0.15) is 0 Å². The van der Waals surface area contributed by atoms with E-state index in [-0.39, 0.29) is 18.2 Å². The lowest BCUT2D eigenvalue weighted by Crippen LogP contribution is -2.37. The van der Waals surface area contributed by atoms with Crippen molar-refractivity contribution in [2.75, 3.05) is 26.4 Å². The summed E-state index contributed by atoms with van der Waals surface area (Å²) < 4.78 is 0. The zero-order valence-corrected chi connectivity index (χ0v) is 18.4. The number of nitrogens with zero attached hydrogens (tertiary/aromatic N) is 1. The number of aldehydes is 1. The minimum Gasteiger partial charge on any atom is -0.359 e. The van der Waals surface area contributed by atoms with Crippen molar-refractivity contribution < 1.29 is 14.4 Å². The van der Waals surface area contributed by atoms with Crippen LogP contribution in [0.5, 0.6) is 0 Å². The van der Waals surface area contributed by atoms with Crippen molar-refractivity contribution in [2.24, 2.45) is 0 Å². The van der Waals surface area contributed by atoms with E-state index in [0.29, 0.717) is 18.5 Å². The molecule has 7 heteroatoms. The zero-order valence-electron chi connectivity index (χ0n) is 17.5. The Morgan fingerprint density at radius 2 is 1.97 bits per heavy atom. The summed E-state index contributed by atoms with van der Waals surface area (Å²) in [4.78, 5) is 38.6. The van der Waals surface area contributed by atoms with Crippen molar-refractivity contribution in [3.63, 3.8) is 0 Å². The number of fused-ring (bicyclic) bond motifs is 1. The summed E-state index contributed by atoms with van der Waals surface area (Å²) >= 11 is 1.80. The first-order valence-corrected chi connectivity index (χ1v) is 11.5. The van der Waals surface area contributed by atoms with Gasteiger partial charge in [0.1, 0.15) is 6.29 Å². The van der Waals surface area contributed by atoms with Gasteiger partial charge < -0.3 is 20.3 Å². The third-order valence-corrected chi connectivity index (χ3v) is 6.47. The number of benzene rings is 1.